The molecular weight excluding hydrogens is 396 g/mol. The van der Waals surface area contributed by atoms with Crippen LogP contribution < -0.4 is 10.6 Å². The fourth-order valence-corrected chi connectivity index (χ4v) is 3.59. The molecule has 0 saturated heterocycles. The summed E-state index contributed by atoms with van der Waals surface area (Å²) in [4.78, 5) is 25.2. The van der Waals surface area contributed by atoms with Gasteiger partial charge in [-0.3, -0.25) is 9.59 Å². The van der Waals surface area contributed by atoms with Gasteiger partial charge in [0.15, 0.2) is 0 Å². The minimum absolute atomic E-state index is 0.141. The summed E-state index contributed by atoms with van der Waals surface area (Å²) in [6.07, 6.45) is 3.04. The molecule has 0 aliphatic rings. The van der Waals surface area contributed by atoms with Crippen LogP contribution in [0.1, 0.15) is 27.2 Å². The van der Waals surface area contributed by atoms with Gasteiger partial charge in [-0.2, -0.15) is 11.8 Å². The number of nitrogens with one attached hydrogen (secondary N) is 2. The molecule has 0 atom stereocenters. The van der Waals surface area contributed by atoms with Gasteiger partial charge < -0.3 is 15.1 Å². The molecule has 0 fully saturated rings. The molecule has 1 heterocycles. The van der Waals surface area contributed by atoms with Gasteiger partial charge in [-0.1, -0.05) is 48.0 Å². The Kier molecular flexibility index (Phi) is 7.92. The Bertz CT molecular complexity index is 998. The summed E-state index contributed by atoms with van der Waals surface area (Å²) in [6, 6.07) is 20.6. The van der Waals surface area contributed by atoms with Crippen LogP contribution in [0.4, 0.5) is 0 Å². The number of rotatable bonds is 9. The number of amides is 2. The number of carbonyl (C=O) groups excluding carboxylic acids is 2. The van der Waals surface area contributed by atoms with Crippen LogP contribution in [0, 0.1) is 6.92 Å². The highest BCUT2D eigenvalue weighted by atomic mass is 32.2. The van der Waals surface area contributed by atoms with Crippen molar-refractivity contribution in [3.8, 4) is 0 Å². The number of furan rings is 1. The summed E-state index contributed by atoms with van der Waals surface area (Å²) in [7, 11) is 0. The van der Waals surface area contributed by atoms with Crippen molar-refractivity contribution in [1.29, 1.82) is 0 Å². The maximum atomic E-state index is 12.7. The molecule has 0 aliphatic heterocycles. The van der Waals surface area contributed by atoms with Crippen LogP contribution in [0.3, 0.4) is 0 Å². The third-order valence-corrected chi connectivity index (χ3v) is 5.27. The average molecular weight is 421 g/mol. The molecule has 6 heteroatoms. The normalized spacial score (nSPS) is 11.2. The lowest BCUT2D eigenvalue weighted by Crippen LogP contribution is -2.35. The van der Waals surface area contributed by atoms with Gasteiger partial charge in [0.2, 0.25) is 0 Å². The topological polar surface area (TPSA) is 71.3 Å². The lowest BCUT2D eigenvalue weighted by atomic mass is 10.2. The number of carbonyl (C=O) groups is 2. The first-order valence-electron chi connectivity index (χ1n) is 9.65. The Labute approximate surface area is 180 Å². The molecule has 0 saturated carbocycles. The van der Waals surface area contributed by atoms with E-state index in [0.29, 0.717) is 17.9 Å². The first-order valence-corrected chi connectivity index (χ1v) is 10.8. The zero-order valence-electron chi connectivity index (χ0n) is 16.8. The van der Waals surface area contributed by atoms with Crippen molar-refractivity contribution in [3.05, 3.63) is 101 Å². The van der Waals surface area contributed by atoms with E-state index in [9.17, 15) is 9.59 Å². The Morgan fingerprint density at radius 3 is 2.60 bits per heavy atom. The maximum absolute atomic E-state index is 12.7. The van der Waals surface area contributed by atoms with Gasteiger partial charge in [0, 0.05) is 29.7 Å². The molecular formula is C24H24N2O3S. The van der Waals surface area contributed by atoms with Gasteiger partial charge in [-0.05, 0) is 36.8 Å². The number of benzene rings is 2. The fraction of sp³-hybridized carbons (Fsp3) is 0.167. The second kappa shape index (κ2) is 11.1. The van der Waals surface area contributed by atoms with Crippen molar-refractivity contribution in [1.82, 2.24) is 10.6 Å². The lowest BCUT2D eigenvalue weighted by molar-refractivity contribution is -0.117. The first kappa shape index (κ1) is 21.5. The molecule has 2 aromatic carbocycles. The summed E-state index contributed by atoms with van der Waals surface area (Å²) in [5.41, 5.74) is 3.12. The van der Waals surface area contributed by atoms with E-state index in [2.05, 4.69) is 35.8 Å². The fourth-order valence-electron chi connectivity index (χ4n) is 2.78. The summed E-state index contributed by atoms with van der Waals surface area (Å²) in [6.45, 7) is 2.57. The van der Waals surface area contributed by atoms with Gasteiger partial charge in [-0.15, -0.1) is 0 Å². The highest BCUT2D eigenvalue weighted by molar-refractivity contribution is 7.98. The second-order valence-corrected chi connectivity index (χ2v) is 7.80. The second-order valence-electron chi connectivity index (χ2n) is 6.69. The largest absolute Gasteiger partial charge is 0.465 e. The first-order chi connectivity index (χ1) is 14.6. The van der Waals surface area contributed by atoms with Gasteiger partial charge >= 0.3 is 0 Å². The van der Waals surface area contributed by atoms with Crippen LogP contribution >= 0.6 is 11.8 Å². The van der Waals surface area contributed by atoms with Crippen LogP contribution in [0.5, 0.6) is 0 Å². The van der Waals surface area contributed by atoms with Gasteiger partial charge in [-0.25, -0.2) is 0 Å². The molecule has 3 rings (SSSR count). The summed E-state index contributed by atoms with van der Waals surface area (Å²) >= 11 is 1.74. The predicted molar refractivity (Wildman–Crippen MR) is 121 cm³/mol. The third-order valence-electron chi connectivity index (χ3n) is 4.24. The molecule has 5 nitrogen and oxygen atoms in total. The maximum Gasteiger partial charge on any atom is 0.267 e. The lowest BCUT2D eigenvalue weighted by Gasteiger charge is -2.11. The minimum atomic E-state index is -0.355. The molecule has 1 aromatic heterocycles. The van der Waals surface area contributed by atoms with Crippen molar-refractivity contribution in [3.63, 3.8) is 0 Å². The molecule has 0 unspecified atom stereocenters. The number of thioether (sulfide) groups is 1. The van der Waals surface area contributed by atoms with Crippen LogP contribution in [-0.4, -0.2) is 24.1 Å². The molecule has 0 bridgehead atoms. The molecule has 2 amide bonds. The summed E-state index contributed by atoms with van der Waals surface area (Å²) < 4.78 is 5.29. The quantitative estimate of drug-likeness (QED) is 0.397. The number of hydrogen-bond donors (Lipinski definition) is 2. The number of aryl methyl sites for hydroxylation is 1. The van der Waals surface area contributed by atoms with Crippen molar-refractivity contribution in [2.75, 3.05) is 12.3 Å². The van der Waals surface area contributed by atoms with Crippen LogP contribution in [0.15, 0.2) is 83.1 Å². The summed E-state index contributed by atoms with van der Waals surface area (Å²) in [5, 5.41) is 5.55. The zero-order valence-corrected chi connectivity index (χ0v) is 17.6. The average Bonchev–Trinajstić information content (AvgIpc) is 3.27. The molecule has 0 aliphatic carbocycles. The van der Waals surface area contributed by atoms with E-state index in [1.165, 1.54) is 23.5 Å². The molecule has 2 N–H and O–H groups in total. The van der Waals surface area contributed by atoms with Gasteiger partial charge in [0.1, 0.15) is 11.5 Å². The third kappa shape index (κ3) is 6.67. The van der Waals surface area contributed by atoms with E-state index in [4.69, 9.17) is 4.42 Å². The predicted octanol–water partition coefficient (Wildman–Crippen LogP) is 4.41. The van der Waals surface area contributed by atoms with E-state index in [1.54, 1.807) is 48.2 Å². The van der Waals surface area contributed by atoms with Crippen LogP contribution in [0.25, 0.3) is 6.08 Å². The van der Waals surface area contributed by atoms with E-state index >= 15 is 0 Å². The minimum Gasteiger partial charge on any atom is -0.465 e. The van der Waals surface area contributed by atoms with Gasteiger partial charge in [0.25, 0.3) is 11.8 Å². The highest BCUT2D eigenvalue weighted by Gasteiger charge is 2.15. The Hall–Kier alpha value is -3.25. The molecule has 3 aromatic rings. The summed E-state index contributed by atoms with van der Waals surface area (Å²) in [5.74, 6) is 1.43. The zero-order chi connectivity index (χ0) is 21.2. The van der Waals surface area contributed by atoms with Crippen LogP contribution in [0.2, 0.25) is 0 Å². The Morgan fingerprint density at radius 1 is 1.03 bits per heavy atom. The van der Waals surface area contributed by atoms with E-state index < -0.39 is 0 Å². The van der Waals surface area contributed by atoms with E-state index in [-0.39, 0.29) is 17.5 Å². The highest BCUT2D eigenvalue weighted by Crippen LogP contribution is 2.13. The molecule has 0 spiro atoms. The van der Waals surface area contributed by atoms with Crippen molar-refractivity contribution < 1.29 is 14.0 Å². The SMILES string of the molecule is Cc1cccc(CSCCNC(=O)/C(=C/c2ccco2)NC(=O)c2ccccc2)c1. The smallest absolute Gasteiger partial charge is 0.267 e. The van der Waals surface area contributed by atoms with E-state index in [0.717, 1.165) is 11.5 Å². The number of hydrogen-bond acceptors (Lipinski definition) is 4. The Balaban J connectivity index is 1.55. The standard InChI is InChI=1S/C24H24N2O3S/c1-18-7-5-8-19(15-18)17-30-14-12-25-24(28)22(16-21-11-6-13-29-21)26-23(27)20-9-3-2-4-10-20/h2-11,13,15-16H,12,14,17H2,1H3,(H,25,28)(H,26,27)/b22-16-. The molecule has 154 valence electrons. The van der Waals surface area contributed by atoms with E-state index in [1.807, 2.05) is 12.1 Å². The van der Waals surface area contributed by atoms with Gasteiger partial charge in [0.05, 0.1) is 6.26 Å². The monoisotopic (exact) mass is 420 g/mol. The van der Waals surface area contributed by atoms with Crippen molar-refractivity contribution >= 4 is 29.7 Å². The van der Waals surface area contributed by atoms with Crippen LogP contribution in [-0.2, 0) is 10.5 Å². The molecule has 0 radical (unpaired) electrons. The van der Waals surface area contributed by atoms with Crippen molar-refractivity contribution in [2.45, 2.75) is 12.7 Å². The molecule has 30 heavy (non-hydrogen) atoms. The Morgan fingerprint density at radius 2 is 1.87 bits per heavy atom. The van der Waals surface area contributed by atoms with Crippen molar-refractivity contribution in [2.24, 2.45) is 0 Å².